The molecule has 1 aromatic heterocycles. The minimum Gasteiger partial charge on any atom is -0.375 e. The molecule has 0 spiro atoms. The van der Waals surface area contributed by atoms with Crippen LogP contribution in [0.3, 0.4) is 0 Å². The van der Waals surface area contributed by atoms with E-state index in [1.807, 2.05) is 79.1 Å². The molecule has 262 valence electrons. The first-order valence-electron chi connectivity index (χ1n) is 18.6. The molecule has 0 saturated carbocycles. The van der Waals surface area contributed by atoms with Crippen LogP contribution in [0.2, 0.25) is 0 Å². The van der Waals surface area contributed by atoms with E-state index in [1.165, 1.54) is 25.7 Å². The third-order valence-electron chi connectivity index (χ3n) is 9.60. The highest BCUT2D eigenvalue weighted by atomic mass is 16.2. The van der Waals surface area contributed by atoms with Crippen LogP contribution in [0.5, 0.6) is 0 Å². The number of anilines is 2. The summed E-state index contributed by atoms with van der Waals surface area (Å²) in [5.41, 5.74) is 4.94. The van der Waals surface area contributed by atoms with Gasteiger partial charge >= 0.3 is 0 Å². The molecule has 7 nitrogen and oxygen atoms in total. The number of benzene rings is 3. The number of unbranched alkanes of at least 4 members (excludes halogenated alkanes) is 8. The molecule has 0 fully saturated rings. The van der Waals surface area contributed by atoms with Gasteiger partial charge in [-0.15, -0.1) is 0 Å². The third-order valence-corrected chi connectivity index (χ3v) is 9.60. The standard InChI is InChI=1S/C42H57N5O2/c1-7-10-12-14-15-17-24-33(23-16-13-11-8-2)47-40(44-38-27-21-19-25-35(38)42(47)49)39(41(48)45-36-26-20-18-22-31(36)4)43-37-29-28-34(30-32(37)5)46(6)9-3/h18-22,25-30,33H,7-17,23-24H2,1-6H3,(H,45,48). The lowest BCUT2D eigenvalue weighted by atomic mass is 9.99. The van der Waals surface area contributed by atoms with E-state index in [0.717, 1.165) is 74.7 Å². The van der Waals surface area contributed by atoms with Crippen LogP contribution >= 0.6 is 0 Å². The maximum atomic E-state index is 14.6. The Bertz CT molecular complexity index is 1760. The number of carbonyl (C=O) groups is 1. The van der Waals surface area contributed by atoms with Gasteiger partial charge in [-0.2, -0.15) is 0 Å². The van der Waals surface area contributed by atoms with E-state index >= 15 is 0 Å². The summed E-state index contributed by atoms with van der Waals surface area (Å²) in [6, 6.07) is 21.2. The monoisotopic (exact) mass is 663 g/mol. The molecule has 0 aliphatic rings. The average Bonchev–Trinajstić information content (AvgIpc) is 3.11. The Balaban J connectivity index is 1.91. The summed E-state index contributed by atoms with van der Waals surface area (Å²) in [5, 5.41) is 3.68. The van der Waals surface area contributed by atoms with Gasteiger partial charge in [-0.25, -0.2) is 9.98 Å². The molecule has 1 amide bonds. The van der Waals surface area contributed by atoms with Gasteiger partial charge in [0.05, 0.1) is 16.6 Å². The van der Waals surface area contributed by atoms with E-state index < -0.39 is 0 Å². The lowest BCUT2D eigenvalue weighted by Gasteiger charge is -2.24. The second-order valence-corrected chi connectivity index (χ2v) is 13.4. The van der Waals surface area contributed by atoms with Crippen molar-refractivity contribution in [3.8, 4) is 0 Å². The Hall–Kier alpha value is -4.26. The van der Waals surface area contributed by atoms with Crippen molar-refractivity contribution in [2.24, 2.45) is 4.99 Å². The van der Waals surface area contributed by atoms with Crippen LogP contribution < -0.4 is 15.8 Å². The molecule has 0 bridgehead atoms. The molecule has 0 aliphatic heterocycles. The number of aryl methyl sites for hydroxylation is 2. The van der Waals surface area contributed by atoms with E-state index in [0.29, 0.717) is 28.1 Å². The van der Waals surface area contributed by atoms with Crippen molar-refractivity contribution in [1.82, 2.24) is 9.55 Å². The second-order valence-electron chi connectivity index (χ2n) is 13.4. The number of fused-ring (bicyclic) bond motifs is 1. The molecule has 1 N–H and O–H groups in total. The van der Waals surface area contributed by atoms with E-state index in [2.05, 4.69) is 44.1 Å². The molecular weight excluding hydrogens is 606 g/mol. The number of hydrogen-bond donors (Lipinski definition) is 1. The zero-order valence-electron chi connectivity index (χ0n) is 30.7. The predicted molar refractivity (Wildman–Crippen MR) is 208 cm³/mol. The molecule has 4 aromatic rings. The van der Waals surface area contributed by atoms with E-state index in [4.69, 9.17) is 9.98 Å². The SMILES string of the molecule is CCCCCCCCC(CCCCCC)n1c(C(=Nc2ccc(N(C)CC)cc2C)C(=O)Nc2ccccc2C)nc2ccccc2c1=O. The molecule has 3 aromatic carbocycles. The van der Waals surface area contributed by atoms with Crippen molar-refractivity contribution in [2.75, 3.05) is 23.8 Å². The van der Waals surface area contributed by atoms with Gasteiger partial charge in [0.1, 0.15) is 0 Å². The third kappa shape index (κ3) is 10.1. The molecule has 0 saturated heterocycles. The van der Waals surface area contributed by atoms with Crippen LogP contribution in [0, 0.1) is 13.8 Å². The predicted octanol–water partition coefficient (Wildman–Crippen LogP) is 10.5. The molecule has 1 heterocycles. The average molecular weight is 664 g/mol. The molecule has 4 rings (SSSR count). The van der Waals surface area contributed by atoms with Crippen LogP contribution in [0.25, 0.3) is 10.9 Å². The molecule has 0 radical (unpaired) electrons. The van der Waals surface area contributed by atoms with Gasteiger partial charge < -0.3 is 10.2 Å². The fraction of sp³-hybridized carbons (Fsp3) is 0.476. The van der Waals surface area contributed by atoms with Gasteiger partial charge in [0.2, 0.25) is 0 Å². The number of nitrogens with one attached hydrogen (secondary N) is 1. The normalized spacial score (nSPS) is 12.3. The number of nitrogens with zero attached hydrogens (tertiary/aromatic N) is 4. The van der Waals surface area contributed by atoms with Crippen molar-refractivity contribution in [1.29, 1.82) is 0 Å². The molecule has 49 heavy (non-hydrogen) atoms. The molecule has 0 aliphatic carbocycles. The summed E-state index contributed by atoms with van der Waals surface area (Å²) in [5.74, 6) is -0.0564. The van der Waals surface area contributed by atoms with Crippen LogP contribution in [0.4, 0.5) is 17.1 Å². The van der Waals surface area contributed by atoms with Crippen molar-refractivity contribution in [2.45, 2.75) is 118 Å². The van der Waals surface area contributed by atoms with Crippen LogP contribution in [0.15, 0.2) is 76.5 Å². The quantitative estimate of drug-likeness (QED) is 0.0800. The largest absolute Gasteiger partial charge is 0.375 e. The Morgan fingerprint density at radius 2 is 1.45 bits per heavy atom. The van der Waals surface area contributed by atoms with Crippen LogP contribution in [-0.4, -0.2) is 34.8 Å². The lowest BCUT2D eigenvalue weighted by Crippen LogP contribution is -2.36. The zero-order valence-corrected chi connectivity index (χ0v) is 30.7. The highest BCUT2D eigenvalue weighted by Crippen LogP contribution is 2.29. The zero-order chi connectivity index (χ0) is 35.2. The maximum Gasteiger partial charge on any atom is 0.278 e. The van der Waals surface area contributed by atoms with Crippen LogP contribution in [-0.2, 0) is 4.79 Å². The Morgan fingerprint density at radius 1 is 0.816 bits per heavy atom. The number of hydrogen-bond acceptors (Lipinski definition) is 5. The summed E-state index contributed by atoms with van der Waals surface area (Å²) in [4.78, 5) is 41.4. The first kappa shape index (κ1) is 37.6. The Kier molecular flexibility index (Phi) is 14.6. The van der Waals surface area contributed by atoms with Gasteiger partial charge in [-0.1, -0.05) is 108 Å². The molecule has 7 heteroatoms. The Labute approximate surface area is 293 Å². The number of carbonyl (C=O) groups excluding carboxylic acids is 1. The van der Waals surface area contributed by atoms with E-state index in [9.17, 15) is 9.59 Å². The van der Waals surface area contributed by atoms with E-state index in [1.54, 1.807) is 0 Å². The number of aromatic nitrogens is 2. The summed E-state index contributed by atoms with van der Waals surface area (Å²) >= 11 is 0. The number of para-hydroxylation sites is 2. The van der Waals surface area contributed by atoms with Crippen molar-refractivity contribution >= 4 is 39.6 Å². The molecule has 1 unspecified atom stereocenters. The summed E-state index contributed by atoms with van der Waals surface area (Å²) in [6.07, 6.45) is 13.2. The Morgan fingerprint density at radius 3 is 2.12 bits per heavy atom. The fourth-order valence-corrected chi connectivity index (χ4v) is 6.42. The lowest BCUT2D eigenvalue weighted by molar-refractivity contribution is -0.110. The van der Waals surface area contributed by atoms with Crippen molar-refractivity contribution in [3.63, 3.8) is 0 Å². The highest BCUT2D eigenvalue weighted by Gasteiger charge is 2.27. The fourth-order valence-electron chi connectivity index (χ4n) is 6.42. The molecule has 1 atom stereocenters. The van der Waals surface area contributed by atoms with Gasteiger partial charge in [0, 0.05) is 31.0 Å². The smallest absolute Gasteiger partial charge is 0.278 e. The van der Waals surface area contributed by atoms with Crippen molar-refractivity contribution < 1.29 is 4.79 Å². The second kappa shape index (κ2) is 19.1. The van der Waals surface area contributed by atoms with Gasteiger partial charge in [-0.05, 0) is 81.1 Å². The van der Waals surface area contributed by atoms with Gasteiger partial charge in [0.15, 0.2) is 11.5 Å². The highest BCUT2D eigenvalue weighted by molar-refractivity contribution is 6.48. The summed E-state index contributed by atoms with van der Waals surface area (Å²) < 4.78 is 1.82. The summed E-state index contributed by atoms with van der Waals surface area (Å²) in [7, 11) is 2.06. The van der Waals surface area contributed by atoms with Crippen LogP contribution in [0.1, 0.15) is 121 Å². The van der Waals surface area contributed by atoms with Crippen molar-refractivity contribution in [3.05, 3.63) is 94.0 Å². The van der Waals surface area contributed by atoms with Gasteiger partial charge in [-0.3, -0.25) is 14.2 Å². The molecular formula is C42H57N5O2. The maximum absolute atomic E-state index is 14.6. The number of amides is 1. The van der Waals surface area contributed by atoms with E-state index in [-0.39, 0.29) is 23.2 Å². The topological polar surface area (TPSA) is 79.6 Å². The minimum atomic E-state index is -0.385. The first-order chi connectivity index (χ1) is 23.8. The minimum absolute atomic E-state index is 0.0965. The number of rotatable bonds is 19. The summed E-state index contributed by atoms with van der Waals surface area (Å²) in [6.45, 7) is 11.4. The van der Waals surface area contributed by atoms with Gasteiger partial charge in [0.25, 0.3) is 11.5 Å². The first-order valence-corrected chi connectivity index (χ1v) is 18.6. The number of aliphatic imine (C=N–C) groups is 1.